The van der Waals surface area contributed by atoms with Crippen LogP contribution in [0.3, 0.4) is 0 Å². The van der Waals surface area contributed by atoms with Gasteiger partial charge in [-0.25, -0.2) is 0 Å². The largest absolute Gasteiger partial charge is 0.118 e. The Labute approximate surface area is 98.4 Å². The fourth-order valence-corrected chi connectivity index (χ4v) is 6.79. The molecule has 0 atom stereocenters. The summed E-state index contributed by atoms with van der Waals surface area (Å²) < 4.78 is 0. The molecule has 80 valence electrons. The summed E-state index contributed by atoms with van der Waals surface area (Å²) in [5.74, 6) is 0. The van der Waals surface area contributed by atoms with Crippen molar-refractivity contribution in [3.05, 3.63) is 21.7 Å². The molecule has 0 bridgehead atoms. The maximum atomic E-state index is 5.83. The van der Waals surface area contributed by atoms with Gasteiger partial charge in [0, 0.05) is 6.16 Å². The minimum Gasteiger partial charge on any atom is -0.118 e. The van der Waals surface area contributed by atoms with E-state index in [9.17, 15) is 0 Å². The Morgan fingerprint density at radius 1 is 1.00 bits per heavy atom. The molecular formula is C10H16Cl2P2. The zero-order valence-electron chi connectivity index (χ0n) is 9.06. The minimum absolute atomic E-state index is 0.0722. The van der Waals surface area contributed by atoms with Crippen LogP contribution in [0, 0.1) is 27.7 Å². The Hall–Kier alpha value is 0.790. The van der Waals surface area contributed by atoms with Crippen molar-refractivity contribution in [1.29, 1.82) is 0 Å². The molecule has 0 saturated carbocycles. The topological polar surface area (TPSA) is 0 Å². The molecule has 0 amide bonds. The molecule has 1 aromatic heterocycles. The average Bonchev–Trinajstić information content (AvgIpc) is 2.29. The van der Waals surface area contributed by atoms with Crippen molar-refractivity contribution in [1.82, 2.24) is 0 Å². The van der Waals surface area contributed by atoms with Gasteiger partial charge in [-0.3, -0.25) is 0 Å². The second-order valence-corrected chi connectivity index (χ2v) is 10.3. The van der Waals surface area contributed by atoms with Crippen LogP contribution in [0.25, 0.3) is 0 Å². The van der Waals surface area contributed by atoms with Gasteiger partial charge in [0.05, 0.1) is 6.63 Å². The van der Waals surface area contributed by atoms with Gasteiger partial charge in [-0.05, 0) is 55.6 Å². The summed E-state index contributed by atoms with van der Waals surface area (Å²) in [6.45, 7) is 8.19. The smallest absolute Gasteiger partial charge is 0.0861 e. The summed E-state index contributed by atoms with van der Waals surface area (Å²) in [5.41, 5.74) is 2.98. The Kier molecular flexibility index (Phi) is 4.79. The molecule has 0 aliphatic carbocycles. The highest BCUT2D eigenvalue weighted by Crippen LogP contribution is 2.52. The van der Waals surface area contributed by atoms with E-state index < -0.39 is 6.63 Å². The first kappa shape index (κ1) is 12.9. The van der Waals surface area contributed by atoms with Gasteiger partial charge in [0.2, 0.25) is 0 Å². The molecule has 0 fully saturated rings. The lowest BCUT2D eigenvalue weighted by Crippen LogP contribution is -1.77. The fourth-order valence-electron chi connectivity index (χ4n) is 1.71. The van der Waals surface area contributed by atoms with E-state index in [1.165, 1.54) is 17.3 Å². The quantitative estimate of drug-likeness (QED) is 0.617. The molecule has 4 heteroatoms. The molecule has 0 saturated heterocycles. The molecule has 0 N–H and O–H groups in total. The van der Waals surface area contributed by atoms with Crippen LogP contribution < -0.4 is 0 Å². The van der Waals surface area contributed by atoms with E-state index in [0.717, 1.165) is 6.16 Å². The Morgan fingerprint density at radius 2 is 1.43 bits per heavy atom. The zero-order chi connectivity index (χ0) is 10.9. The number of rotatable bonds is 3. The Bertz CT molecular complexity index is 304. The lowest BCUT2D eigenvalue weighted by Gasteiger charge is -2.05. The monoisotopic (exact) mass is 268 g/mol. The van der Waals surface area contributed by atoms with E-state index in [-0.39, 0.29) is 7.53 Å². The van der Waals surface area contributed by atoms with Crippen LogP contribution >= 0.6 is 36.6 Å². The molecule has 0 aromatic carbocycles. The lowest BCUT2D eigenvalue weighted by atomic mass is 10.2. The van der Waals surface area contributed by atoms with Crippen molar-refractivity contribution in [3.8, 4) is 0 Å². The van der Waals surface area contributed by atoms with Gasteiger partial charge in [0.25, 0.3) is 0 Å². The molecule has 0 spiro atoms. The van der Waals surface area contributed by atoms with Crippen molar-refractivity contribution in [2.75, 3.05) is 6.16 Å². The highest BCUT2D eigenvalue weighted by atomic mass is 35.9. The summed E-state index contributed by atoms with van der Waals surface area (Å²) in [4.78, 5) is 0. The maximum Gasteiger partial charge on any atom is 0.0861 e. The maximum absolute atomic E-state index is 5.83. The highest BCUT2D eigenvalue weighted by molar-refractivity contribution is 8.04. The fraction of sp³-hybridized carbons (Fsp3) is 0.600. The van der Waals surface area contributed by atoms with Crippen LogP contribution in [0.2, 0.25) is 0 Å². The molecule has 0 aliphatic rings. The number of hydrogen-bond donors (Lipinski definition) is 0. The second-order valence-electron chi connectivity index (χ2n) is 3.60. The SMILES string of the molecule is Cc1c(C)c(C)p(CCP(Cl)Cl)c1C. The zero-order valence-corrected chi connectivity index (χ0v) is 12.4. The third-order valence-electron chi connectivity index (χ3n) is 2.95. The highest BCUT2D eigenvalue weighted by Gasteiger charge is 2.12. The first-order chi connectivity index (χ1) is 6.45. The summed E-state index contributed by atoms with van der Waals surface area (Å²) in [6.07, 6.45) is 2.14. The van der Waals surface area contributed by atoms with E-state index in [0.29, 0.717) is 0 Å². The van der Waals surface area contributed by atoms with Gasteiger partial charge >= 0.3 is 0 Å². The van der Waals surface area contributed by atoms with E-state index in [1.807, 2.05) is 0 Å². The van der Waals surface area contributed by atoms with Crippen molar-refractivity contribution in [2.24, 2.45) is 0 Å². The van der Waals surface area contributed by atoms with Crippen molar-refractivity contribution in [3.63, 3.8) is 0 Å². The number of hydrogen-bond acceptors (Lipinski definition) is 0. The first-order valence-corrected chi connectivity index (χ1v) is 9.53. The predicted molar refractivity (Wildman–Crippen MR) is 71.6 cm³/mol. The molecule has 14 heavy (non-hydrogen) atoms. The third kappa shape index (κ3) is 2.67. The predicted octanol–water partition coefficient (Wildman–Crippen LogP) is 5.70. The average molecular weight is 269 g/mol. The Morgan fingerprint density at radius 3 is 1.79 bits per heavy atom. The Balaban J connectivity index is 2.91. The first-order valence-electron chi connectivity index (χ1n) is 4.67. The molecular weight excluding hydrogens is 253 g/mol. The van der Waals surface area contributed by atoms with Crippen LogP contribution in [0.1, 0.15) is 21.7 Å². The third-order valence-corrected chi connectivity index (χ3v) is 7.84. The van der Waals surface area contributed by atoms with Gasteiger partial charge in [0.1, 0.15) is 0 Å². The lowest BCUT2D eigenvalue weighted by molar-refractivity contribution is 1.32. The summed E-state index contributed by atoms with van der Waals surface area (Å²) >= 11 is 11.7. The number of halogens is 2. The van der Waals surface area contributed by atoms with E-state index >= 15 is 0 Å². The molecule has 1 heterocycles. The van der Waals surface area contributed by atoms with Crippen LogP contribution in [0.15, 0.2) is 0 Å². The van der Waals surface area contributed by atoms with Crippen molar-refractivity contribution < 1.29 is 0 Å². The van der Waals surface area contributed by atoms with Crippen LogP contribution in [0.4, 0.5) is 0 Å². The van der Waals surface area contributed by atoms with E-state index in [4.69, 9.17) is 22.5 Å². The summed E-state index contributed by atoms with van der Waals surface area (Å²) in [6, 6.07) is 0. The van der Waals surface area contributed by atoms with Gasteiger partial charge in [-0.15, -0.1) is 7.53 Å². The van der Waals surface area contributed by atoms with Crippen LogP contribution in [-0.2, 0) is 6.16 Å². The van der Waals surface area contributed by atoms with Crippen LogP contribution in [-0.4, -0.2) is 6.16 Å². The molecule has 0 radical (unpaired) electrons. The van der Waals surface area contributed by atoms with E-state index in [1.54, 1.807) is 10.6 Å². The van der Waals surface area contributed by atoms with Crippen molar-refractivity contribution in [2.45, 2.75) is 33.9 Å². The molecule has 1 rings (SSSR count). The summed E-state index contributed by atoms with van der Waals surface area (Å²) in [7, 11) is -0.0722. The molecule has 0 aliphatic heterocycles. The van der Waals surface area contributed by atoms with Crippen molar-refractivity contribution >= 4 is 36.6 Å². The normalized spacial score (nSPS) is 11.4. The molecule has 1 aromatic rings. The van der Waals surface area contributed by atoms with Gasteiger partial charge in [0.15, 0.2) is 0 Å². The van der Waals surface area contributed by atoms with Crippen LogP contribution in [0.5, 0.6) is 0 Å². The van der Waals surface area contributed by atoms with Gasteiger partial charge in [-0.2, -0.15) is 0 Å². The minimum atomic E-state index is -0.768. The van der Waals surface area contributed by atoms with Gasteiger partial charge in [-0.1, -0.05) is 22.5 Å². The molecule has 0 nitrogen and oxygen atoms in total. The standard InChI is InChI=1S/C10H16Cl2P2/c1-7-8(2)10(4)13(9(7)3)5-6-14(11)12/h5-6H2,1-4H3. The van der Waals surface area contributed by atoms with E-state index in [2.05, 4.69) is 27.7 Å². The second kappa shape index (κ2) is 5.22. The summed E-state index contributed by atoms with van der Waals surface area (Å²) in [5, 5.41) is 3.14. The van der Waals surface area contributed by atoms with Gasteiger partial charge < -0.3 is 0 Å². The molecule has 0 unspecified atom stereocenters.